The van der Waals surface area contributed by atoms with E-state index < -0.39 is 0 Å². The summed E-state index contributed by atoms with van der Waals surface area (Å²) in [5.41, 5.74) is 2.35. The molecule has 0 spiro atoms. The van der Waals surface area contributed by atoms with Crippen LogP contribution in [0, 0.1) is 0 Å². The number of amides is 2. The molecule has 0 saturated carbocycles. The van der Waals surface area contributed by atoms with Gasteiger partial charge in [-0.3, -0.25) is 14.5 Å². The highest BCUT2D eigenvalue weighted by molar-refractivity contribution is 5.96. The number of fused-ring (bicyclic) bond motifs is 1. The normalized spacial score (nSPS) is 24.0. The van der Waals surface area contributed by atoms with Crippen LogP contribution in [0.3, 0.4) is 0 Å². The second-order valence-electron chi connectivity index (χ2n) is 7.49. The van der Waals surface area contributed by atoms with Crippen LogP contribution >= 0.6 is 0 Å². The van der Waals surface area contributed by atoms with Gasteiger partial charge in [-0.15, -0.1) is 0 Å². The van der Waals surface area contributed by atoms with Gasteiger partial charge in [-0.25, -0.2) is 0 Å². The van der Waals surface area contributed by atoms with Gasteiger partial charge in [0.2, 0.25) is 11.8 Å². The zero-order valence-electron chi connectivity index (χ0n) is 14.8. The summed E-state index contributed by atoms with van der Waals surface area (Å²) >= 11 is 0. The summed E-state index contributed by atoms with van der Waals surface area (Å²) in [5.74, 6) is 0.481. The number of piperidine rings is 1. The molecule has 1 aromatic rings. The van der Waals surface area contributed by atoms with Crippen LogP contribution in [0.4, 0.5) is 5.69 Å². The fraction of sp³-hybridized carbons (Fsp3) is 0.600. The monoisotopic (exact) mass is 341 g/mol. The van der Waals surface area contributed by atoms with Crippen molar-refractivity contribution in [2.24, 2.45) is 0 Å². The second kappa shape index (κ2) is 7.16. The molecule has 0 aliphatic carbocycles. The minimum Gasteiger partial charge on any atom is -0.341 e. The highest BCUT2D eigenvalue weighted by Crippen LogP contribution is 2.28. The molecule has 1 atom stereocenters. The van der Waals surface area contributed by atoms with Gasteiger partial charge < -0.3 is 9.80 Å². The topological polar surface area (TPSA) is 43.9 Å². The lowest BCUT2D eigenvalue weighted by atomic mass is 10.0. The molecule has 134 valence electrons. The maximum atomic E-state index is 12.9. The van der Waals surface area contributed by atoms with E-state index in [2.05, 4.69) is 17.0 Å². The Morgan fingerprint density at radius 3 is 2.76 bits per heavy atom. The minimum absolute atomic E-state index is 0.199. The highest BCUT2D eigenvalue weighted by atomic mass is 16.2. The number of carbonyl (C=O) groups is 2. The van der Waals surface area contributed by atoms with Gasteiger partial charge in [-0.05, 0) is 43.9 Å². The number of anilines is 1. The molecule has 5 nitrogen and oxygen atoms in total. The van der Waals surface area contributed by atoms with Crippen molar-refractivity contribution in [2.45, 2.75) is 44.6 Å². The van der Waals surface area contributed by atoms with Crippen LogP contribution in [0.2, 0.25) is 0 Å². The molecular weight excluding hydrogens is 314 g/mol. The van der Waals surface area contributed by atoms with Gasteiger partial charge >= 0.3 is 0 Å². The molecule has 4 rings (SSSR count). The van der Waals surface area contributed by atoms with Gasteiger partial charge in [0.1, 0.15) is 0 Å². The van der Waals surface area contributed by atoms with Gasteiger partial charge in [0, 0.05) is 37.8 Å². The number of hydrogen-bond acceptors (Lipinski definition) is 3. The van der Waals surface area contributed by atoms with E-state index in [1.54, 1.807) is 0 Å². The number of benzene rings is 1. The van der Waals surface area contributed by atoms with Gasteiger partial charge in [0.25, 0.3) is 0 Å². The fourth-order valence-electron chi connectivity index (χ4n) is 4.48. The molecule has 2 amide bonds. The van der Waals surface area contributed by atoms with Crippen molar-refractivity contribution >= 4 is 17.5 Å². The standard InChI is InChI=1S/C20H27N3O2/c24-19-9-5-12-22(19)14-17-7-3-4-11-21(17)15-20(25)23-13-10-16-6-1-2-8-18(16)23/h1-2,6,8,17H,3-5,7,9-15H2. The highest BCUT2D eigenvalue weighted by Gasteiger charge is 2.32. The maximum absolute atomic E-state index is 12.9. The summed E-state index contributed by atoms with van der Waals surface area (Å²) in [7, 11) is 0. The third kappa shape index (κ3) is 3.43. The zero-order valence-corrected chi connectivity index (χ0v) is 14.8. The van der Waals surface area contributed by atoms with Gasteiger partial charge in [0.15, 0.2) is 0 Å². The molecule has 1 aromatic carbocycles. The van der Waals surface area contributed by atoms with Crippen LogP contribution in [-0.4, -0.2) is 60.4 Å². The van der Waals surface area contributed by atoms with Crippen LogP contribution in [-0.2, 0) is 16.0 Å². The van der Waals surface area contributed by atoms with Crippen molar-refractivity contribution in [3.8, 4) is 0 Å². The second-order valence-corrected chi connectivity index (χ2v) is 7.49. The summed E-state index contributed by atoms with van der Waals surface area (Å²) < 4.78 is 0. The molecule has 0 radical (unpaired) electrons. The average Bonchev–Trinajstić information content (AvgIpc) is 3.23. The van der Waals surface area contributed by atoms with Crippen molar-refractivity contribution in [1.82, 2.24) is 9.80 Å². The Hall–Kier alpha value is -1.88. The van der Waals surface area contributed by atoms with E-state index >= 15 is 0 Å². The minimum atomic E-state index is 0.199. The largest absolute Gasteiger partial charge is 0.341 e. The molecule has 2 saturated heterocycles. The smallest absolute Gasteiger partial charge is 0.241 e. The molecule has 3 aliphatic rings. The SMILES string of the molecule is O=C1CCCN1CC1CCCCN1CC(=O)N1CCc2ccccc21. The van der Waals surface area contributed by atoms with Crippen LogP contribution in [0.15, 0.2) is 24.3 Å². The molecule has 3 aliphatic heterocycles. The van der Waals surface area contributed by atoms with Crippen LogP contribution < -0.4 is 4.90 Å². The number of rotatable bonds is 4. The molecule has 2 fully saturated rings. The van der Waals surface area contributed by atoms with E-state index in [-0.39, 0.29) is 11.8 Å². The lowest BCUT2D eigenvalue weighted by Gasteiger charge is -2.38. The van der Waals surface area contributed by atoms with E-state index in [0.717, 1.165) is 57.5 Å². The summed E-state index contributed by atoms with van der Waals surface area (Å²) in [4.78, 5) is 31.1. The van der Waals surface area contributed by atoms with Gasteiger partial charge in [-0.1, -0.05) is 24.6 Å². The molecule has 25 heavy (non-hydrogen) atoms. The Balaban J connectivity index is 1.41. The third-order valence-electron chi connectivity index (χ3n) is 5.88. The number of nitrogens with zero attached hydrogens (tertiary/aromatic N) is 3. The van der Waals surface area contributed by atoms with E-state index in [0.29, 0.717) is 19.0 Å². The quantitative estimate of drug-likeness (QED) is 0.842. The molecule has 3 heterocycles. The predicted molar refractivity (Wildman–Crippen MR) is 97.5 cm³/mol. The number of hydrogen-bond donors (Lipinski definition) is 0. The number of carbonyl (C=O) groups excluding carboxylic acids is 2. The Kier molecular flexibility index (Phi) is 4.75. The molecule has 0 N–H and O–H groups in total. The molecule has 5 heteroatoms. The van der Waals surface area contributed by atoms with Crippen LogP contribution in [0.1, 0.15) is 37.7 Å². The third-order valence-corrected chi connectivity index (χ3v) is 5.88. The predicted octanol–water partition coefficient (Wildman–Crippen LogP) is 2.05. The van der Waals surface area contributed by atoms with E-state index in [4.69, 9.17) is 0 Å². The lowest BCUT2D eigenvalue weighted by Crippen LogP contribution is -2.51. The summed E-state index contributed by atoms with van der Waals surface area (Å²) in [6.07, 6.45) is 6.06. The molecule has 0 aromatic heterocycles. The first-order valence-corrected chi connectivity index (χ1v) is 9.62. The maximum Gasteiger partial charge on any atom is 0.241 e. The van der Waals surface area contributed by atoms with E-state index in [1.165, 1.54) is 12.0 Å². The van der Waals surface area contributed by atoms with Gasteiger partial charge in [-0.2, -0.15) is 0 Å². The van der Waals surface area contributed by atoms with Crippen LogP contribution in [0.5, 0.6) is 0 Å². The van der Waals surface area contributed by atoms with Crippen molar-refractivity contribution in [1.29, 1.82) is 0 Å². The summed E-state index contributed by atoms with van der Waals surface area (Å²) in [6.45, 7) is 3.91. The Labute approximate surface area is 149 Å². The molecule has 1 unspecified atom stereocenters. The Morgan fingerprint density at radius 1 is 1.04 bits per heavy atom. The Bertz CT molecular complexity index is 660. The fourth-order valence-corrected chi connectivity index (χ4v) is 4.48. The number of likely N-dealkylation sites (tertiary alicyclic amines) is 2. The first-order chi connectivity index (χ1) is 12.2. The van der Waals surface area contributed by atoms with Crippen molar-refractivity contribution < 1.29 is 9.59 Å². The summed E-state index contributed by atoms with van der Waals surface area (Å²) in [5, 5.41) is 0. The van der Waals surface area contributed by atoms with Crippen molar-refractivity contribution in [3.63, 3.8) is 0 Å². The first kappa shape index (κ1) is 16.6. The average molecular weight is 341 g/mol. The van der Waals surface area contributed by atoms with E-state index in [9.17, 15) is 9.59 Å². The number of para-hydroxylation sites is 1. The zero-order chi connectivity index (χ0) is 17.2. The molecular formula is C20H27N3O2. The van der Waals surface area contributed by atoms with Crippen LogP contribution in [0.25, 0.3) is 0 Å². The molecule has 0 bridgehead atoms. The van der Waals surface area contributed by atoms with Crippen molar-refractivity contribution in [3.05, 3.63) is 29.8 Å². The van der Waals surface area contributed by atoms with Crippen molar-refractivity contribution in [2.75, 3.05) is 37.6 Å². The lowest BCUT2D eigenvalue weighted by molar-refractivity contribution is -0.128. The summed E-state index contributed by atoms with van der Waals surface area (Å²) in [6, 6.07) is 8.55. The first-order valence-electron chi connectivity index (χ1n) is 9.62. The Morgan fingerprint density at radius 2 is 1.92 bits per heavy atom. The van der Waals surface area contributed by atoms with Gasteiger partial charge in [0.05, 0.1) is 6.54 Å². The van der Waals surface area contributed by atoms with E-state index in [1.807, 2.05) is 21.9 Å².